The predicted molar refractivity (Wildman–Crippen MR) is 72.5 cm³/mol. The number of hydrogen-bond donors (Lipinski definition) is 1. The highest BCUT2D eigenvalue weighted by Crippen LogP contribution is 2.17. The Balaban J connectivity index is 2.18. The minimum absolute atomic E-state index is 0.122. The van der Waals surface area contributed by atoms with Crippen LogP contribution in [-0.4, -0.2) is 10.8 Å². The van der Waals surface area contributed by atoms with Crippen LogP contribution in [0.2, 0.25) is 5.02 Å². The van der Waals surface area contributed by atoms with Gasteiger partial charge in [0.1, 0.15) is 0 Å². The third-order valence-electron chi connectivity index (χ3n) is 2.42. The average Bonchev–Trinajstić information content (AvgIpc) is 2.41. The Bertz CT molecular complexity index is 626. The molecule has 0 aliphatic rings. The van der Waals surface area contributed by atoms with Crippen molar-refractivity contribution in [1.29, 1.82) is 0 Å². The van der Waals surface area contributed by atoms with Crippen LogP contribution in [0.15, 0.2) is 48.5 Å². The zero-order valence-corrected chi connectivity index (χ0v) is 10.4. The number of amides is 1. The summed E-state index contributed by atoms with van der Waals surface area (Å²) in [4.78, 5) is 22.0. The highest BCUT2D eigenvalue weighted by atomic mass is 35.5. The van der Waals surface area contributed by atoms with Gasteiger partial charge in [0, 0.05) is 28.4 Å². The third kappa shape index (κ3) is 3.29. The monoisotopic (exact) mass is 276 g/mol. The SMILES string of the molecule is O=C(Nc1ccc(Cl)cc1)c1cccc([N+](=O)[O-])c1. The van der Waals surface area contributed by atoms with Crippen LogP contribution in [-0.2, 0) is 0 Å². The van der Waals surface area contributed by atoms with Gasteiger partial charge in [-0.25, -0.2) is 0 Å². The summed E-state index contributed by atoms with van der Waals surface area (Å²) in [6, 6.07) is 12.1. The van der Waals surface area contributed by atoms with E-state index in [1.54, 1.807) is 24.3 Å². The van der Waals surface area contributed by atoms with E-state index in [9.17, 15) is 14.9 Å². The first-order chi connectivity index (χ1) is 9.06. The van der Waals surface area contributed by atoms with Crippen molar-refractivity contribution in [2.75, 3.05) is 5.32 Å². The molecule has 19 heavy (non-hydrogen) atoms. The van der Waals surface area contributed by atoms with Gasteiger partial charge in [-0.05, 0) is 30.3 Å². The molecular weight excluding hydrogens is 268 g/mol. The summed E-state index contributed by atoms with van der Waals surface area (Å²) in [5, 5.41) is 13.8. The molecule has 0 aliphatic heterocycles. The first-order valence-electron chi connectivity index (χ1n) is 5.37. The number of rotatable bonds is 3. The number of nitrogens with one attached hydrogen (secondary N) is 1. The molecule has 0 aromatic heterocycles. The van der Waals surface area contributed by atoms with Crippen molar-refractivity contribution in [3.05, 3.63) is 69.2 Å². The Morgan fingerprint density at radius 3 is 2.47 bits per heavy atom. The van der Waals surface area contributed by atoms with Gasteiger partial charge < -0.3 is 5.32 Å². The van der Waals surface area contributed by atoms with Crippen LogP contribution in [0, 0.1) is 10.1 Å². The van der Waals surface area contributed by atoms with Gasteiger partial charge in [-0.1, -0.05) is 17.7 Å². The van der Waals surface area contributed by atoms with Crippen molar-refractivity contribution in [3.63, 3.8) is 0 Å². The van der Waals surface area contributed by atoms with Crippen LogP contribution in [0.1, 0.15) is 10.4 Å². The number of carbonyl (C=O) groups excluding carboxylic acids is 1. The molecule has 1 amide bonds. The summed E-state index contributed by atoms with van der Waals surface area (Å²) >= 11 is 5.73. The molecule has 96 valence electrons. The molecule has 0 bridgehead atoms. The molecular formula is C13H9ClN2O3. The second-order valence-corrected chi connectivity index (χ2v) is 4.20. The molecule has 5 nitrogen and oxygen atoms in total. The van der Waals surface area contributed by atoms with Gasteiger partial charge in [-0.3, -0.25) is 14.9 Å². The molecule has 2 aromatic carbocycles. The van der Waals surface area contributed by atoms with Gasteiger partial charge in [0.05, 0.1) is 4.92 Å². The Hall–Kier alpha value is -2.40. The molecule has 0 radical (unpaired) electrons. The van der Waals surface area contributed by atoms with Crippen molar-refractivity contribution in [1.82, 2.24) is 0 Å². The van der Waals surface area contributed by atoms with Gasteiger partial charge in [0.15, 0.2) is 0 Å². The van der Waals surface area contributed by atoms with Gasteiger partial charge in [0.2, 0.25) is 0 Å². The minimum Gasteiger partial charge on any atom is -0.322 e. The minimum atomic E-state index is -0.543. The molecule has 2 rings (SSSR count). The molecule has 0 spiro atoms. The number of non-ortho nitro benzene ring substituents is 1. The lowest BCUT2D eigenvalue weighted by molar-refractivity contribution is -0.384. The Labute approximate surface area is 114 Å². The van der Waals surface area contributed by atoms with Crippen molar-refractivity contribution >= 4 is 28.9 Å². The number of hydrogen-bond acceptors (Lipinski definition) is 3. The molecule has 0 heterocycles. The highest BCUT2D eigenvalue weighted by molar-refractivity contribution is 6.30. The van der Waals surface area contributed by atoms with Gasteiger partial charge in [-0.15, -0.1) is 0 Å². The third-order valence-corrected chi connectivity index (χ3v) is 2.67. The Morgan fingerprint density at radius 1 is 1.16 bits per heavy atom. The van der Waals surface area contributed by atoms with E-state index in [-0.39, 0.29) is 11.3 Å². The quantitative estimate of drug-likeness (QED) is 0.689. The fourth-order valence-electron chi connectivity index (χ4n) is 1.50. The summed E-state index contributed by atoms with van der Waals surface area (Å²) < 4.78 is 0. The lowest BCUT2D eigenvalue weighted by atomic mass is 10.2. The van der Waals surface area contributed by atoms with Crippen LogP contribution >= 0.6 is 11.6 Å². The van der Waals surface area contributed by atoms with Crippen LogP contribution in [0.3, 0.4) is 0 Å². The molecule has 0 unspecified atom stereocenters. The van der Waals surface area contributed by atoms with Crippen molar-refractivity contribution < 1.29 is 9.72 Å². The normalized spacial score (nSPS) is 9.95. The molecule has 0 atom stereocenters. The summed E-state index contributed by atoms with van der Waals surface area (Å²) in [5.41, 5.74) is 0.675. The summed E-state index contributed by atoms with van der Waals surface area (Å²) in [7, 11) is 0. The maximum Gasteiger partial charge on any atom is 0.270 e. The first-order valence-corrected chi connectivity index (χ1v) is 5.75. The van der Waals surface area contributed by atoms with E-state index < -0.39 is 10.8 Å². The summed E-state index contributed by atoms with van der Waals surface area (Å²) in [6.45, 7) is 0. The molecule has 0 fully saturated rings. The molecule has 0 aliphatic carbocycles. The number of carbonyl (C=O) groups is 1. The second-order valence-electron chi connectivity index (χ2n) is 3.77. The number of anilines is 1. The maximum absolute atomic E-state index is 11.9. The lowest BCUT2D eigenvalue weighted by Gasteiger charge is -2.05. The summed E-state index contributed by atoms with van der Waals surface area (Å²) in [5.74, 6) is -0.411. The largest absolute Gasteiger partial charge is 0.322 e. The van der Waals surface area contributed by atoms with Crippen LogP contribution in [0.5, 0.6) is 0 Å². The van der Waals surface area contributed by atoms with Crippen LogP contribution in [0.25, 0.3) is 0 Å². The molecule has 0 saturated carbocycles. The standard InChI is InChI=1S/C13H9ClN2O3/c14-10-4-6-11(7-5-10)15-13(17)9-2-1-3-12(8-9)16(18)19/h1-8H,(H,15,17). The first kappa shape index (κ1) is 13.0. The molecule has 1 N–H and O–H groups in total. The Kier molecular flexibility index (Phi) is 3.77. The van der Waals surface area contributed by atoms with Crippen molar-refractivity contribution in [2.24, 2.45) is 0 Å². The highest BCUT2D eigenvalue weighted by Gasteiger charge is 2.11. The predicted octanol–water partition coefficient (Wildman–Crippen LogP) is 3.50. The van der Waals surface area contributed by atoms with Gasteiger partial charge in [0.25, 0.3) is 11.6 Å². The van der Waals surface area contributed by atoms with Gasteiger partial charge >= 0.3 is 0 Å². The smallest absolute Gasteiger partial charge is 0.270 e. The number of nitro groups is 1. The van der Waals surface area contributed by atoms with Crippen LogP contribution < -0.4 is 5.32 Å². The zero-order valence-electron chi connectivity index (χ0n) is 9.67. The maximum atomic E-state index is 11.9. The number of nitro benzene ring substituents is 1. The van der Waals surface area contributed by atoms with E-state index in [1.165, 1.54) is 24.3 Å². The van der Waals surface area contributed by atoms with E-state index in [4.69, 9.17) is 11.6 Å². The van der Waals surface area contributed by atoms with E-state index >= 15 is 0 Å². The van der Waals surface area contributed by atoms with E-state index in [0.29, 0.717) is 10.7 Å². The van der Waals surface area contributed by atoms with E-state index in [1.807, 2.05) is 0 Å². The Morgan fingerprint density at radius 2 is 1.84 bits per heavy atom. The number of halogens is 1. The lowest BCUT2D eigenvalue weighted by Crippen LogP contribution is -2.11. The molecule has 0 saturated heterocycles. The average molecular weight is 277 g/mol. The fourth-order valence-corrected chi connectivity index (χ4v) is 1.62. The van der Waals surface area contributed by atoms with Gasteiger partial charge in [-0.2, -0.15) is 0 Å². The van der Waals surface area contributed by atoms with Crippen LogP contribution in [0.4, 0.5) is 11.4 Å². The van der Waals surface area contributed by atoms with Crippen molar-refractivity contribution in [2.45, 2.75) is 0 Å². The number of nitrogens with zero attached hydrogens (tertiary/aromatic N) is 1. The van der Waals surface area contributed by atoms with Crippen molar-refractivity contribution in [3.8, 4) is 0 Å². The topological polar surface area (TPSA) is 72.2 Å². The second kappa shape index (κ2) is 5.49. The molecule has 6 heteroatoms. The fraction of sp³-hybridized carbons (Fsp3) is 0. The van der Waals surface area contributed by atoms with E-state index in [0.717, 1.165) is 0 Å². The summed E-state index contributed by atoms with van der Waals surface area (Å²) in [6.07, 6.45) is 0. The number of benzene rings is 2. The zero-order chi connectivity index (χ0) is 13.8. The molecule has 2 aromatic rings. The van der Waals surface area contributed by atoms with E-state index in [2.05, 4.69) is 5.32 Å².